The minimum absolute atomic E-state index is 0.0266. The molecule has 0 aromatic heterocycles. The van der Waals surface area contributed by atoms with E-state index in [9.17, 15) is 4.79 Å². The van der Waals surface area contributed by atoms with Crippen molar-refractivity contribution in [1.29, 1.82) is 5.26 Å². The number of hydrogen-bond acceptors (Lipinski definition) is 5. The fourth-order valence-electron chi connectivity index (χ4n) is 4.58. The van der Waals surface area contributed by atoms with Crippen molar-refractivity contribution < 1.29 is 9.53 Å². The Morgan fingerprint density at radius 1 is 1.21 bits per heavy atom. The number of nitrogens with zero attached hydrogens (tertiary/aromatic N) is 3. The van der Waals surface area contributed by atoms with Crippen LogP contribution in [0.5, 0.6) is 5.75 Å². The van der Waals surface area contributed by atoms with Crippen LogP contribution in [-0.4, -0.2) is 56.7 Å². The molecule has 1 aliphatic heterocycles. The van der Waals surface area contributed by atoms with Crippen molar-refractivity contribution in [3.63, 3.8) is 0 Å². The van der Waals surface area contributed by atoms with Crippen LogP contribution in [0.2, 0.25) is 0 Å². The first kappa shape index (κ1) is 21.4. The number of nitrogens with one attached hydrogen (secondary N) is 1. The number of rotatable bonds is 7. The lowest BCUT2D eigenvalue weighted by Gasteiger charge is -2.38. The molecule has 1 amide bonds. The number of piperazine rings is 1. The van der Waals surface area contributed by atoms with Gasteiger partial charge >= 0.3 is 0 Å². The van der Waals surface area contributed by atoms with Gasteiger partial charge in [0.1, 0.15) is 12.2 Å². The molecule has 0 atom stereocenters. The van der Waals surface area contributed by atoms with Gasteiger partial charge in [-0.15, -0.1) is 0 Å². The lowest BCUT2D eigenvalue weighted by Crippen LogP contribution is -2.47. The summed E-state index contributed by atoms with van der Waals surface area (Å²) in [6.07, 6.45) is 5.68. The number of methoxy groups -OCH3 is 1. The number of carbonyl (C=O) groups is 1. The van der Waals surface area contributed by atoms with Gasteiger partial charge in [0.05, 0.1) is 13.2 Å². The molecule has 1 aliphatic carbocycles. The highest BCUT2D eigenvalue weighted by molar-refractivity contribution is 5.78. The zero-order valence-corrected chi connectivity index (χ0v) is 17.8. The second-order valence-electron chi connectivity index (χ2n) is 8.39. The number of anilines is 1. The monoisotopic (exact) mass is 398 g/mol. The zero-order chi connectivity index (χ0) is 20.6. The number of ether oxygens (including phenoxy) is 1. The lowest BCUT2D eigenvalue weighted by molar-refractivity contribution is -0.121. The molecule has 1 saturated heterocycles. The van der Waals surface area contributed by atoms with Crippen molar-refractivity contribution in [2.24, 2.45) is 5.92 Å². The highest BCUT2D eigenvalue weighted by Gasteiger charge is 2.24. The second-order valence-corrected chi connectivity index (χ2v) is 8.39. The van der Waals surface area contributed by atoms with E-state index in [-0.39, 0.29) is 18.4 Å². The Morgan fingerprint density at radius 3 is 2.59 bits per heavy atom. The molecule has 1 N–H and O–H groups in total. The van der Waals surface area contributed by atoms with E-state index in [0.717, 1.165) is 50.7 Å². The van der Waals surface area contributed by atoms with Crippen LogP contribution in [0.4, 0.5) is 5.69 Å². The Kier molecular flexibility index (Phi) is 7.76. The van der Waals surface area contributed by atoms with E-state index >= 15 is 0 Å². The molecule has 1 aromatic carbocycles. The standard InChI is InChI=1S/C23H34N4O2/c1-18-3-8-21(29-2)17-22(18)27-15-13-26(14-16-27)12-10-19-4-6-20(7-5-19)25-23(28)9-11-24/h3,8,17,19-20H,4-7,9-10,12-16H2,1-2H3,(H,25,28). The smallest absolute Gasteiger partial charge is 0.234 e. The van der Waals surface area contributed by atoms with Crippen molar-refractivity contribution in [3.05, 3.63) is 23.8 Å². The number of amides is 1. The van der Waals surface area contributed by atoms with Crippen molar-refractivity contribution in [3.8, 4) is 11.8 Å². The third-order valence-electron chi connectivity index (χ3n) is 6.43. The van der Waals surface area contributed by atoms with Crippen molar-refractivity contribution >= 4 is 11.6 Å². The summed E-state index contributed by atoms with van der Waals surface area (Å²) in [4.78, 5) is 16.6. The molecule has 0 radical (unpaired) electrons. The molecule has 6 heteroatoms. The Balaban J connectivity index is 1.37. The third-order valence-corrected chi connectivity index (χ3v) is 6.43. The van der Waals surface area contributed by atoms with Crippen molar-refractivity contribution in [2.75, 3.05) is 44.7 Å². The second kappa shape index (κ2) is 10.5. The molecule has 158 valence electrons. The molecule has 2 aliphatic rings. The molecule has 0 spiro atoms. The Hall–Kier alpha value is -2.26. The molecule has 1 saturated carbocycles. The van der Waals surface area contributed by atoms with E-state index in [4.69, 9.17) is 10.00 Å². The molecule has 1 aromatic rings. The minimum atomic E-state index is -0.125. The van der Waals surface area contributed by atoms with Gasteiger partial charge in [0.25, 0.3) is 0 Å². The summed E-state index contributed by atoms with van der Waals surface area (Å²) in [6.45, 7) is 7.67. The summed E-state index contributed by atoms with van der Waals surface area (Å²) in [5.74, 6) is 1.56. The van der Waals surface area contributed by atoms with E-state index in [2.05, 4.69) is 34.2 Å². The molecule has 29 heavy (non-hydrogen) atoms. The fraction of sp³-hybridized carbons (Fsp3) is 0.652. The van der Waals surface area contributed by atoms with Crippen LogP contribution in [0.1, 0.15) is 44.1 Å². The Morgan fingerprint density at radius 2 is 1.93 bits per heavy atom. The van der Waals surface area contributed by atoms with Gasteiger partial charge in [0, 0.05) is 44.0 Å². The van der Waals surface area contributed by atoms with Crippen LogP contribution in [0, 0.1) is 24.2 Å². The van der Waals surface area contributed by atoms with E-state index in [1.54, 1.807) is 7.11 Å². The molecule has 0 bridgehead atoms. The molecule has 0 unspecified atom stereocenters. The van der Waals surface area contributed by atoms with Crippen LogP contribution in [-0.2, 0) is 4.79 Å². The van der Waals surface area contributed by atoms with Gasteiger partial charge in [-0.1, -0.05) is 6.07 Å². The normalized spacial score (nSPS) is 22.7. The number of aryl methyl sites for hydroxylation is 1. The predicted molar refractivity (Wildman–Crippen MR) is 115 cm³/mol. The van der Waals surface area contributed by atoms with E-state index in [1.165, 1.54) is 37.1 Å². The first-order valence-corrected chi connectivity index (χ1v) is 10.9. The van der Waals surface area contributed by atoms with Gasteiger partial charge in [-0.05, 0) is 63.1 Å². The average Bonchev–Trinajstić information content (AvgIpc) is 2.74. The molecule has 1 heterocycles. The van der Waals surface area contributed by atoms with Crippen molar-refractivity contribution in [1.82, 2.24) is 10.2 Å². The maximum atomic E-state index is 11.6. The van der Waals surface area contributed by atoms with E-state index in [1.807, 2.05) is 12.1 Å². The maximum absolute atomic E-state index is 11.6. The molecule has 3 rings (SSSR count). The minimum Gasteiger partial charge on any atom is -0.497 e. The van der Waals surface area contributed by atoms with Crippen molar-refractivity contribution in [2.45, 2.75) is 51.5 Å². The summed E-state index contributed by atoms with van der Waals surface area (Å²) in [7, 11) is 1.72. The topological polar surface area (TPSA) is 68.6 Å². The summed E-state index contributed by atoms with van der Waals surface area (Å²) in [6, 6.07) is 8.50. The molecular weight excluding hydrogens is 364 g/mol. The number of nitriles is 1. The van der Waals surface area contributed by atoms with Crippen LogP contribution in [0.25, 0.3) is 0 Å². The van der Waals surface area contributed by atoms with Crippen LogP contribution in [0.15, 0.2) is 18.2 Å². The van der Waals surface area contributed by atoms with Gasteiger partial charge in [-0.2, -0.15) is 5.26 Å². The van der Waals surface area contributed by atoms with Crippen LogP contribution in [0.3, 0.4) is 0 Å². The van der Waals surface area contributed by atoms with Gasteiger partial charge in [-0.3, -0.25) is 9.69 Å². The van der Waals surface area contributed by atoms with E-state index < -0.39 is 0 Å². The third kappa shape index (κ3) is 6.11. The van der Waals surface area contributed by atoms with Crippen LogP contribution >= 0.6 is 0 Å². The zero-order valence-electron chi connectivity index (χ0n) is 17.8. The van der Waals surface area contributed by atoms with E-state index in [0.29, 0.717) is 0 Å². The molecule has 2 fully saturated rings. The van der Waals surface area contributed by atoms with Gasteiger partial charge in [0.2, 0.25) is 5.91 Å². The summed E-state index contributed by atoms with van der Waals surface area (Å²) in [5, 5.41) is 11.6. The fourth-order valence-corrected chi connectivity index (χ4v) is 4.58. The first-order valence-electron chi connectivity index (χ1n) is 10.9. The molecular formula is C23H34N4O2. The van der Waals surface area contributed by atoms with Gasteiger partial charge in [-0.25, -0.2) is 0 Å². The predicted octanol–water partition coefficient (Wildman–Crippen LogP) is 3.10. The van der Waals surface area contributed by atoms with Gasteiger partial charge in [0.15, 0.2) is 0 Å². The highest BCUT2D eigenvalue weighted by Crippen LogP contribution is 2.29. The Bertz CT molecular complexity index is 714. The summed E-state index contributed by atoms with van der Waals surface area (Å²) in [5.41, 5.74) is 2.60. The average molecular weight is 399 g/mol. The maximum Gasteiger partial charge on any atom is 0.234 e. The SMILES string of the molecule is COc1ccc(C)c(N2CCN(CCC3CCC(NC(=O)CC#N)CC3)CC2)c1. The van der Waals surface area contributed by atoms with Crippen LogP contribution < -0.4 is 15.0 Å². The number of carbonyl (C=O) groups excluding carboxylic acids is 1. The highest BCUT2D eigenvalue weighted by atomic mass is 16.5. The lowest BCUT2D eigenvalue weighted by atomic mass is 9.84. The quantitative estimate of drug-likeness (QED) is 0.764. The Labute approximate surface area is 174 Å². The molecule has 6 nitrogen and oxygen atoms in total. The largest absolute Gasteiger partial charge is 0.497 e. The number of hydrogen-bond donors (Lipinski definition) is 1. The summed E-state index contributed by atoms with van der Waals surface area (Å²) >= 11 is 0. The number of benzene rings is 1. The summed E-state index contributed by atoms with van der Waals surface area (Å²) < 4.78 is 5.39. The van der Waals surface area contributed by atoms with Gasteiger partial charge < -0.3 is 15.0 Å². The first-order chi connectivity index (χ1) is 14.1.